The summed E-state index contributed by atoms with van der Waals surface area (Å²) in [5.41, 5.74) is 4.32. The van der Waals surface area contributed by atoms with Crippen LogP contribution in [0.3, 0.4) is 0 Å². The highest BCUT2D eigenvalue weighted by Gasteiger charge is 2.36. The number of carbonyl (C=O) groups is 1. The Morgan fingerprint density at radius 2 is 1.82 bits per heavy atom. The van der Waals surface area contributed by atoms with E-state index in [1.807, 2.05) is 6.92 Å². The smallest absolute Gasteiger partial charge is 0.268 e. The van der Waals surface area contributed by atoms with E-state index in [0.717, 1.165) is 20.7 Å². The van der Waals surface area contributed by atoms with Crippen molar-refractivity contribution in [1.82, 2.24) is 9.29 Å². The number of hydrogen-bond donors (Lipinski definition) is 1. The van der Waals surface area contributed by atoms with Gasteiger partial charge in [0.05, 0.1) is 16.3 Å². The molecule has 1 aliphatic carbocycles. The van der Waals surface area contributed by atoms with Crippen LogP contribution < -0.4 is 5.32 Å². The third-order valence-corrected chi connectivity index (χ3v) is 7.61. The van der Waals surface area contributed by atoms with Gasteiger partial charge in [-0.05, 0) is 61.2 Å². The quantitative estimate of drug-likeness (QED) is 0.607. The van der Waals surface area contributed by atoms with Gasteiger partial charge >= 0.3 is 0 Å². The molecule has 2 aliphatic rings. The Hall–Kier alpha value is -3.52. The second-order valence-electron chi connectivity index (χ2n) is 8.20. The summed E-state index contributed by atoms with van der Waals surface area (Å²) < 4.78 is 41.1. The molecule has 0 atom stereocenters. The first kappa shape index (κ1) is 21.3. The minimum atomic E-state index is -3.96. The molecule has 0 bridgehead atoms. The molecule has 0 saturated carbocycles. The first-order valence-electron chi connectivity index (χ1n) is 10.7. The zero-order valence-electron chi connectivity index (χ0n) is 18.0. The maximum absolute atomic E-state index is 13.5. The lowest BCUT2D eigenvalue weighted by molar-refractivity contribution is 0.102. The van der Waals surface area contributed by atoms with Crippen LogP contribution in [0.2, 0.25) is 0 Å². The molecular weight excluding hydrogens is 441 g/mol. The van der Waals surface area contributed by atoms with Crippen LogP contribution in [0.4, 0.5) is 4.39 Å². The molecule has 5 rings (SSSR count). The van der Waals surface area contributed by atoms with Crippen LogP contribution in [0.25, 0.3) is 0 Å². The Labute approximate surface area is 191 Å². The Morgan fingerprint density at radius 1 is 1.09 bits per heavy atom. The van der Waals surface area contributed by atoms with Crippen molar-refractivity contribution in [3.8, 4) is 0 Å². The van der Waals surface area contributed by atoms with Crippen molar-refractivity contribution >= 4 is 21.5 Å². The highest BCUT2D eigenvalue weighted by Crippen LogP contribution is 2.32. The molecule has 3 aromatic rings. The first-order valence-corrected chi connectivity index (χ1v) is 12.1. The molecular formula is C25H22FN3O3S. The fourth-order valence-corrected chi connectivity index (χ4v) is 5.57. The molecule has 1 N–H and O–H groups in total. The minimum Gasteiger partial charge on any atom is -0.381 e. The number of aromatic nitrogens is 1. The SMILES string of the molecule is Cc1ccc(S(=O)(=O)n2cc3c4c2C(=O)C(NCCc2ccc(F)cc2)=CC4=NCC3)cc1. The highest BCUT2D eigenvalue weighted by molar-refractivity contribution is 7.90. The molecule has 33 heavy (non-hydrogen) atoms. The van der Waals surface area contributed by atoms with Crippen LogP contribution in [0.15, 0.2) is 76.4 Å². The van der Waals surface area contributed by atoms with Crippen LogP contribution in [0, 0.1) is 12.7 Å². The molecule has 0 fully saturated rings. The zero-order chi connectivity index (χ0) is 23.2. The van der Waals surface area contributed by atoms with Crippen molar-refractivity contribution in [3.63, 3.8) is 0 Å². The molecule has 0 saturated heterocycles. The second-order valence-corrected chi connectivity index (χ2v) is 10.0. The van der Waals surface area contributed by atoms with Crippen molar-refractivity contribution in [2.24, 2.45) is 4.99 Å². The van der Waals surface area contributed by atoms with Gasteiger partial charge in [0, 0.05) is 24.8 Å². The number of nitrogens with one attached hydrogen (secondary N) is 1. The Kier molecular flexibility index (Phi) is 5.25. The number of aryl methyl sites for hydroxylation is 1. The number of carbonyl (C=O) groups excluding carboxylic acids is 1. The molecule has 0 amide bonds. The molecule has 0 spiro atoms. The standard InChI is InChI=1S/C25H22FN3O3S/c1-16-2-8-20(9-3-16)33(31,32)29-15-18-11-13-27-21-14-22(25(30)24(29)23(18)21)28-12-10-17-4-6-19(26)7-5-17/h2-9,14-15,28H,10-13H2,1H3. The van der Waals surface area contributed by atoms with E-state index in [1.54, 1.807) is 48.7 Å². The maximum atomic E-state index is 13.5. The third-order valence-electron chi connectivity index (χ3n) is 5.93. The predicted octanol–water partition coefficient (Wildman–Crippen LogP) is 3.43. The predicted molar refractivity (Wildman–Crippen MR) is 124 cm³/mol. The van der Waals surface area contributed by atoms with Gasteiger partial charge in [0.1, 0.15) is 11.5 Å². The van der Waals surface area contributed by atoms with Crippen molar-refractivity contribution in [1.29, 1.82) is 0 Å². The van der Waals surface area contributed by atoms with E-state index in [2.05, 4.69) is 10.3 Å². The lowest BCUT2D eigenvalue weighted by Gasteiger charge is -2.21. The molecule has 2 aromatic carbocycles. The van der Waals surface area contributed by atoms with Gasteiger partial charge in [-0.25, -0.2) is 16.8 Å². The topological polar surface area (TPSA) is 80.5 Å². The maximum Gasteiger partial charge on any atom is 0.268 e. The van der Waals surface area contributed by atoms with E-state index < -0.39 is 10.0 Å². The first-order chi connectivity index (χ1) is 15.8. The largest absolute Gasteiger partial charge is 0.381 e. The average molecular weight is 464 g/mol. The number of nitrogens with zero attached hydrogens (tertiary/aromatic N) is 2. The fourth-order valence-electron chi connectivity index (χ4n) is 4.18. The number of allylic oxidation sites excluding steroid dienone is 2. The normalized spacial score (nSPS) is 15.0. The number of Topliss-reactive ketones (excluding diaryl/α,β-unsaturated/α-hetero) is 1. The van der Waals surface area contributed by atoms with E-state index in [-0.39, 0.29) is 22.2 Å². The molecule has 2 heterocycles. The molecule has 0 unspecified atom stereocenters. The third kappa shape index (κ3) is 3.80. The van der Waals surface area contributed by atoms with Crippen molar-refractivity contribution in [3.05, 3.63) is 100 Å². The summed E-state index contributed by atoms with van der Waals surface area (Å²) in [5, 5.41) is 3.13. The summed E-state index contributed by atoms with van der Waals surface area (Å²) in [4.78, 5) is 18.1. The van der Waals surface area contributed by atoms with Crippen molar-refractivity contribution in [2.75, 3.05) is 13.1 Å². The van der Waals surface area contributed by atoms with Crippen LogP contribution >= 0.6 is 0 Å². The van der Waals surface area contributed by atoms with Gasteiger partial charge in [0.2, 0.25) is 5.78 Å². The number of ketones is 1. The zero-order valence-corrected chi connectivity index (χ0v) is 18.8. The summed E-state index contributed by atoms with van der Waals surface area (Å²) in [6.07, 6.45) is 4.41. The van der Waals surface area contributed by atoms with Gasteiger partial charge in [0.25, 0.3) is 10.0 Å². The number of rotatable bonds is 6. The molecule has 1 aliphatic heterocycles. The lowest BCUT2D eigenvalue weighted by atomic mass is 9.92. The van der Waals surface area contributed by atoms with E-state index >= 15 is 0 Å². The van der Waals surface area contributed by atoms with Gasteiger partial charge in [-0.3, -0.25) is 9.79 Å². The molecule has 1 aromatic heterocycles. The van der Waals surface area contributed by atoms with Crippen molar-refractivity contribution < 1.29 is 17.6 Å². The average Bonchev–Trinajstić information content (AvgIpc) is 3.21. The van der Waals surface area contributed by atoms with E-state index in [4.69, 9.17) is 0 Å². The summed E-state index contributed by atoms with van der Waals surface area (Å²) in [5.74, 6) is -0.682. The molecule has 168 valence electrons. The van der Waals surface area contributed by atoms with Gasteiger partial charge in [-0.2, -0.15) is 0 Å². The van der Waals surface area contributed by atoms with Crippen LogP contribution in [-0.4, -0.2) is 37.0 Å². The Bertz CT molecular complexity index is 1420. The summed E-state index contributed by atoms with van der Waals surface area (Å²) in [7, 11) is -3.96. The Morgan fingerprint density at radius 3 is 2.55 bits per heavy atom. The summed E-state index contributed by atoms with van der Waals surface area (Å²) in [6.45, 7) is 2.85. The second kappa shape index (κ2) is 8.12. The lowest BCUT2D eigenvalue weighted by Crippen LogP contribution is -2.32. The van der Waals surface area contributed by atoms with Gasteiger partial charge < -0.3 is 5.32 Å². The van der Waals surface area contributed by atoms with Gasteiger partial charge in [-0.15, -0.1) is 0 Å². The number of aliphatic imine (C=N–C) groups is 1. The molecule has 0 radical (unpaired) electrons. The van der Waals surface area contributed by atoms with E-state index in [1.165, 1.54) is 12.1 Å². The van der Waals surface area contributed by atoms with Crippen LogP contribution in [-0.2, 0) is 22.9 Å². The number of hydrogen-bond acceptors (Lipinski definition) is 5. The Balaban J connectivity index is 1.48. The fraction of sp³-hybridized carbons (Fsp3) is 0.200. The van der Waals surface area contributed by atoms with Crippen LogP contribution in [0.5, 0.6) is 0 Å². The van der Waals surface area contributed by atoms with E-state index in [9.17, 15) is 17.6 Å². The molecule has 8 heteroatoms. The number of halogens is 1. The monoisotopic (exact) mass is 463 g/mol. The molecule has 6 nitrogen and oxygen atoms in total. The minimum absolute atomic E-state index is 0.121. The number of benzene rings is 2. The summed E-state index contributed by atoms with van der Waals surface area (Å²) in [6, 6.07) is 12.8. The van der Waals surface area contributed by atoms with Gasteiger partial charge in [0.15, 0.2) is 0 Å². The summed E-state index contributed by atoms with van der Waals surface area (Å²) >= 11 is 0. The van der Waals surface area contributed by atoms with Gasteiger partial charge in [-0.1, -0.05) is 29.8 Å². The highest BCUT2D eigenvalue weighted by atomic mass is 32.2. The van der Waals surface area contributed by atoms with Crippen molar-refractivity contribution in [2.45, 2.75) is 24.7 Å². The van der Waals surface area contributed by atoms with Crippen LogP contribution in [0.1, 0.15) is 32.7 Å². The van der Waals surface area contributed by atoms with E-state index in [0.29, 0.717) is 42.9 Å².